The summed E-state index contributed by atoms with van der Waals surface area (Å²) in [5.41, 5.74) is 0.209. The summed E-state index contributed by atoms with van der Waals surface area (Å²) in [6.45, 7) is 0.904. The minimum absolute atomic E-state index is 0.146. The largest absolute Gasteiger partial charge is 0.505 e. The molecular formula is C13H16N2O4. The Morgan fingerprint density at radius 1 is 1.53 bits per heavy atom. The number of likely N-dealkylation sites (tertiary alicyclic amines) is 1. The van der Waals surface area contributed by atoms with Crippen LogP contribution in [0.3, 0.4) is 0 Å². The van der Waals surface area contributed by atoms with Crippen LogP contribution in [0.25, 0.3) is 0 Å². The van der Waals surface area contributed by atoms with Gasteiger partial charge in [0.05, 0.1) is 24.8 Å². The standard InChI is InChI=1S/C13H16N2O4/c1-19-13(18)9-3-2-6-15(8-9)12(17)10-4-5-14-7-11(10)16/h4-5,7,9,16H,2-3,6,8H2,1H3/t9-/m0/s1. The first kappa shape index (κ1) is 13.3. The smallest absolute Gasteiger partial charge is 0.310 e. The number of carbonyl (C=O) groups is 2. The molecule has 0 radical (unpaired) electrons. The normalized spacial score (nSPS) is 19.0. The summed E-state index contributed by atoms with van der Waals surface area (Å²) in [5.74, 6) is -1.01. The molecule has 6 nitrogen and oxygen atoms in total. The summed E-state index contributed by atoms with van der Waals surface area (Å²) in [6, 6.07) is 1.47. The summed E-state index contributed by atoms with van der Waals surface area (Å²) < 4.78 is 4.71. The number of hydrogen-bond acceptors (Lipinski definition) is 5. The van der Waals surface area contributed by atoms with Gasteiger partial charge in [-0.05, 0) is 18.9 Å². The number of esters is 1. The predicted molar refractivity (Wildman–Crippen MR) is 66.5 cm³/mol. The van der Waals surface area contributed by atoms with Crippen molar-refractivity contribution in [3.63, 3.8) is 0 Å². The van der Waals surface area contributed by atoms with E-state index in [9.17, 15) is 14.7 Å². The molecule has 6 heteroatoms. The van der Waals surface area contributed by atoms with Crippen LogP contribution in [-0.4, -0.2) is 47.1 Å². The highest BCUT2D eigenvalue weighted by Crippen LogP contribution is 2.22. The molecular weight excluding hydrogens is 248 g/mol. The van der Waals surface area contributed by atoms with Crippen LogP contribution >= 0.6 is 0 Å². The van der Waals surface area contributed by atoms with Crippen molar-refractivity contribution in [2.45, 2.75) is 12.8 Å². The molecule has 0 saturated carbocycles. The average Bonchev–Trinajstić information content (AvgIpc) is 2.46. The van der Waals surface area contributed by atoms with Crippen LogP contribution in [0, 0.1) is 5.92 Å². The first-order valence-corrected chi connectivity index (χ1v) is 6.13. The van der Waals surface area contributed by atoms with Crippen molar-refractivity contribution in [1.29, 1.82) is 0 Å². The van der Waals surface area contributed by atoms with Crippen LogP contribution in [0.2, 0.25) is 0 Å². The van der Waals surface area contributed by atoms with Gasteiger partial charge in [0.15, 0.2) is 0 Å². The Hall–Kier alpha value is -2.11. The second-order valence-electron chi connectivity index (χ2n) is 4.51. The Balaban J connectivity index is 2.11. The number of carbonyl (C=O) groups excluding carboxylic acids is 2. The first-order chi connectivity index (χ1) is 9.13. The van der Waals surface area contributed by atoms with E-state index in [2.05, 4.69) is 4.98 Å². The fraction of sp³-hybridized carbons (Fsp3) is 0.462. The molecule has 1 aliphatic heterocycles. The Bertz CT molecular complexity index is 489. The molecule has 1 N–H and O–H groups in total. The molecule has 0 bridgehead atoms. The van der Waals surface area contributed by atoms with Crippen molar-refractivity contribution in [3.8, 4) is 5.75 Å². The number of aromatic nitrogens is 1. The highest BCUT2D eigenvalue weighted by atomic mass is 16.5. The van der Waals surface area contributed by atoms with E-state index >= 15 is 0 Å². The minimum atomic E-state index is -0.295. The molecule has 102 valence electrons. The van der Waals surface area contributed by atoms with E-state index < -0.39 is 0 Å². The second kappa shape index (κ2) is 5.69. The Morgan fingerprint density at radius 3 is 3.00 bits per heavy atom. The lowest BCUT2D eigenvalue weighted by Crippen LogP contribution is -2.42. The van der Waals surface area contributed by atoms with E-state index in [0.29, 0.717) is 13.1 Å². The van der Waals surface area contributed by atoms with Crippen LogP contribution < -0.4 is 0 Å². The van der Waals surface area contributed by atoms with Crippen molar-refractivity contribution >= 4 is 11.9 Å². The van der Waals surface area contributed by atoms with Crippen LogP contribution in [0.15, 0.2) is 18.5 Å². The zero-order valence-corrected chi connectivity index (χ0v) is 10.7. The number of methoxy groups -OCH3 is 1. The summed E-state index contributed by atoms with van der Waals surface area (Å²) in [7, 11) is 1.35. The fourth-order valence-electron chi connectivity index (χ4n) is 2.26. The Labute approximate surface area is 111 Å². The number of rotatable bonds is 2. The molecule has 1 fully saturated rings. The third-order valence-corrected chi connectivity index (χ3v) is 3.27. The monoisotopic (exact) mass is 264 g/mol. The molecule has 1 aromatic heterocycles. The van der Waals surface area contributed by atoms with Crippen molar-refractivity contribution in [1.82, 2.24) is 9.88 Å². The van der Waals surface area contributed by atoms with E-state index in [4.69, 9.17) is 4.74 Å². The van der Waals surface area contributed by atoms with Crippen LogP contribution in [-0.2, 0) is 9.53 Å². The number of aromatic hydroxyl groups is 1. The molecule has 2 heterocycles. The number of amides is 1. The predicted octanol–water partition coefficient (Wildman–Crippen LogP) is 0.812. The van der Waals surface area contributed by atoms with E-state index in [-0.39, 0.29) is 29.1 Å². The topological polar surface area (TPSA) is 79.7 Å². The van der Waals surface area contributed by atoms with Gasteiger partial charge >= 0.3 is 5.97 Å². The minimum Gasteiger partial charge on any atom is -0.505 e. The fourth-order valence-corrected chi connectivity index (χ4v) is 2.26. The molecule has 1 aromatic rings. The molecule has 19 heavy (non-hydrogen) atoms. The summed E-state index contributed by atoms with van der Waals surface area (Å²) in [4.78, 5) is 29.1. The van der Waals surface area contributed by atoms with Gasteiger partial charge in [0.2, 0.25) is 0 Å². The highest BCUT2D eigenvalue weighted by molar-refractivity contribution is 5.96. The zero-order chi connectivity index (χ0) is 13.8. The number of hydrogen-bond donors (Lipinski definition) is 1. The number of pyridine rings is 1. The third kappa shape index (κ3) is 2.83. The van der Waals surface area contributed by atoms with Crippen molar-refractivity contribution < 1.29 is 19.4 Å². The lowest BCUT2D eigenvalue weighted by atomic mass is 9.97. The zero-order valence-electron chi connectivity index (χ0n) is 10.7. The summed E-state index contributed by atoms with van der Waals surface area (Å²) in [5, 5.41) is 9.63. The van der Waals surface area contributed by atoms with Gasteiger partial charge < -0.3 is 14.7 Å². The van der Waals surface area contributed by atoms with Gasteiger partial charge in [-0.25, -0.2) is 0 Å². The number of piperidine rings is 1. The first-order valence-electron chi connectivity index (χ1n) is 6.13. The van der Waals surface area contributed by atoms with Gasteiger partial charge in [0, 0.05) is 19.3 Å². The van der Waals surface area contributed by atoms with Crippen LogP contribution in [0.4, 0.5) is 0 Å². The number of ether oxygens (including phenoxy) is 1. The van der Waals surface area contributed by atoms with Crippen LogP contribution in [0.1, 0.15) is 23.2 Å². The molecule has 0 aliphatic carbocycles. The maximum Gasteiger partial charge on any atom is 0.310 e. The third-order valence-electron chi connectivity index (χ3n) is 3.27. The van der Waals surface area contributed by atoms with E-state index in [1.165, 1.54) is 25.6 Å². The number of nitrogens with zero attached hydrogens (tertiary/aromatic N) is 2. The van der Waals surface area contributed by atoms with Crippen molar-refractivity contribution in [2.75, 3.05) is 20.2 Å². The molecule has 1 saturated heterocycles. The second-order valence-corrected chi connectivity index (χ2v) is 4.51. The van der Waals surface area contributed by atoms with Crippen LogP contribution in [0.5, 0.6) is 5.75 Å². The van der Waals surface area contributed by atoms with E-state index in [0.717, 1.165) is 12.8 Å². The summed E-state index contributed by atoms with van der Waals surface area (Å²) in [6.07, 6.45) is 4.15. The maximum absolute atomic E-state index is 12.3. The van der Waals surface area contributed by atoms with E-state index in [1.54, 1.807) is 4.90 Å². The van der Waals surface area contributed by atoms with Gasteiger partial charge in [0.25, 0.3) is 5.91 Å². The molecule has 1 atom stereocenters. The van der Waals surface area contributed by atoms with Gasteiger partial charge in [-0.2, -0.15) is 0 Å². The maximum atomic E-state index is 12.3. The molecule has 1 amide bonds. The Morgan fingerprint density at radius 2 is 2.32 bits per heavy atom. The molecule has 0 aromatic carbocycles. The Kier molecular flexibility index (Phi) is 3.99. The lowest BCUT2D eigenvalue weighted by Gasteiger charge is -2.31. The quantitative estimate of drug-likeness (QED) is 0.800. The van der Waals surface area contributed by atoms with E-state index in [1.807, 2.05) is 0 Å². The highest BCUT2D eigenvalue weighted by Gasteiger charge is 2.30. The van der Waals surface area contributed by atoms with Crippen molar-refractivity contribution in [3.05, 3.63) is 24.0 Å². The van der Waals surface area contributed by atoms with Gasteiger partial charge in [0.1, 0.15) is 5.75 Å². The van der Waals surface area contributed by atoms with Gasteiger partial charge in [-0.1, -0.05) is 0 Å². The van der Waals surface area contributed by atoms with Gasteiger partial charge in [-0.3, -0.25) is 14.6 Å². The molecule has 0 unspecified atom stereocenters. The summed E-state index contributed by atoms with van der Waals surface area (Å²) >= 11 is 0. The molecule has 1 aliphatic rings. The molecule has 0 spiro atoms. The lowest BCUT2D eigenvalue weighted by molar-refractivity contribution is -0.146. The van der Waals surface area contributed by atoms with Gasteiger partial charge in [-0.15, -0.1) is 0 Å². The van der Waals surface area contributed by atoms with Crippen molar-refractivity contribution in [2.24, 2.45) is 5.92 Å². The average molecular weight is 264 g/mol. The molecule has 2 rings (SSSR count). The SMILES string of the molecule is COC(=O)[C@H]1CCCN(C(=O)c2ccncc2O)C1.